The summed E-state index contributed by atoms with van der Waals surface area (Å²) in [6, 6.07) is 16.5. The average Bonchev–Trinajstić information content (AvgIpc) is 2.54. The lowest BCUT2D eigenvalue weighted by Crippen LogP contribution is -2.00. The molecular weight excluding hydrogens is 264 g/mol. The van der Waals surface area contributed by atoms with Gasteiger partial charge in [-0.2, -0.15) is 10.5 Å². The molecule has 0 radical (unpaired) electrons. The van der Waals surface area contributed by atoms with Gasteiger partial charge in [-0.05, 0) is 36.8 Å². The van der Waals surface area contributed by atoms with Gasteiger partial charge in [-0.3, -0.25) is 0 Å². The Balaban J connectivity index is 2.15. The molecule has 0 saturated carbocycles. The van der Waals surface area contributed by atoms with Crippen molar-refractivity contribution in [2.24, 2.45) is 0 Å². The van der Waals surface area contributed by atoms with Crippen LogP contribution in [-0.4, -0.2) is 6.61 Å². The molecule has 21 heavy (non-hydrogen) atoms. The maximum absolute atomic E-state index is 8.91. The topological polar surface area (TPSA) is 66.0 Å². The highest BCUT2D eigenvalue weighted by Gasteiger charge is 2.07. The molecule has 4 heteroatoms. The number of nitrogens with zero attached hydrogens (tertiary/aromatic N) is 2. The molecule has 0 aliphatic carbocycles. The summed E-state index contributed by atoms with van der Waals surface area (Å²) < 4.78 is 11.2. The van der Waals surface area contributed by atoms with Crippen molar-refractivity contribution in [3.63, 3.8) is 0 Å². The standard InChI is InChI=1S/C17H14N2O2/c1-2-20-17-9-14(11-19)6-7-16(17)21-12-15-5-3-4-13(8-15)10-18/h3-9H,2,12H2,1H3. The second-order valence-corrected chi connectivity index (χ2v) is 4.31. The molecule has 2 rings (SSSR count). The summed E-state index contributed by atoms with van der Waals surface area (Å²) in [5.41, 5.74) is 2.03. The number of benzene rings is 2. The summed E-state index contributed by atoms with van der Waals surface area (Å²) in [4.78, 5) is 0. The van der Waals surface area contributed by atoms with Crippen molar-refractivity contribution >= 4 is 0 Å². The summed E-state index contributed by atoms with van der Waals surface area (Å²) in [5, 5.41) is 17.8. The van der Waals surface area contributed by atoms with Crippen molar-refractivity contribution in [1.29, 1.82) is 10.5 Å². The monoisotopic (exact) mass is 278 g/mol. The molecule has 0 N–H and O–H groups in total. The molecule has 104 valence electrons. The van der Waals surface area contributed by atoms with Gasteiger partial charge in [-0.1, -0.05) is 12.1 Å². The molecule has 0 spiro atoms. The first-order valence-corrected chi connectivity index (χ1v) is 6.55. The molecule has 0 aromatic heterocycles. The van der Waals surface area contributed by atoms with Gasteiger partial charge in [-0.25, -0.2) is 0 Å². The largest absolute Gasteiger partial charge is 0.490 e. The van der Waals surface area contributed by atoms with Crippen LogP contribution < -0.4 is 9.47 Å². The van der Waals surface area contributed by atoms with E-state index in [0.29, 0.717) is 35.8 Å². The van der Waals surface area contributed by atoms with Crippen molar-refractivity contribution in [2.45, 2.75) is 13.5 Å². The highest BCUT2D eigenvalue weighted by Crippen LogP contribution is 2.29. The fourth-order valence-electron chi connectivity index (χ4n) is 1.86. The lowest BCUT2D eigenvalue weighted by molar-refractivity contribution is 0.269. The van der Waals surface area contributed by atoms with Crippen LogP contribution in [0.15, 0.2) is 42.5 Å². The molecule has 0 bridgehead atoms. The SMILES string of the molecule is CCOc1cc(C#N)ccc1OCc1cccc(C#N)c1. The van der Waals surface area contributed by atoms with Crippen molar-refractivity contribution in [3.8, 4) is 23.6 Å². The van der Waals surface area contributed by atoms with Crippen LogP contribution in [0, 0.1) is 22.7 Å². The predicted molar refractivity (Wildman–Crippen MR) is 77.8 cm³/mol. The zero-order valence-electron chi connectivity index (χ0n) is 11.7. The predicted octanol–water partition coefficient (Wildman–Crippen LogP) is 3.41. The first-order chi connectivity index (χ1) is 10.3. The van der Waals surface area contributed by atoms with Crippen molar-refractivity contribution < 1.29 is 9.47 Å². The second kappa shape index (κ2) is 6.98. The minimum Gasteiger partial charge on any atom is -0.490 e. The molecule has 4 nitrogen and oxygen atoms in total. The first-order valence-electron chi connectivity index (χ1n) is 6.55. The molecule has 0 saturated heterocycles. The van der Waals surface area contributed by atoms with Gasteiger partial charge >= 0.3 is 0 Å². The molecule has 0 atom stereocenters. The zero-order chi connectivity index (χ0) is 15.1. The van der Waals surface area contributed by atoms with Gasteiger partial charge in [0.05, 0.1) is 29.9 Å². The Hall–Kier alpha value is -2.98. The van der Waals surface area contributed by atoms with E-state index in [4.69, 9.17) is 20.0 Å². The Bertz CT molecular complexity index is 711. The minimum atomic E-state index is 0.335. The molecule has 0 aliphatic rings. The van der Waals surface area contributed by atoms with Gasteiger partial charge in [-0.15, -0.1) is 0 Å². The van der Waals surface area contributed by atoms with E-state index in [0.717, 1.165) is 5.56 Å². The van der Waals surface area contributed by atoms with Gasteiger partial charge in [0.1, 0.15) is 6.61 Å². The average molecular weight is 278 g/mol. The first kappa shape index (κ1) is 14.4. The van der Waals surface area contributed by atoms with Gasteiger partial charge in [0, 0.05) is 6.07 Å². The molecule has 0 heterocycles. The number of hydrogen-bond acceptors (Lipinski definition) is 4. The quantitative estimate of drug-likeness (QED) is 0.840. The molecule has 0 unspecified atom stereocenters. The smallest absolute Gasteiger partial charge is 0.162 e. The van der Waals surface area contributed by atoms with Crippen LogP contribution in [0.5, 0.6) is 11.5 Å². The third-order valence-electron chi connectivity index (χ3n) is 2.82. The fraction of sp³-hybridized carbons (Fsp3) is 0.176. The highest BCUT2D eigenvalue weighted by molar-refractivity contribution is 5.47. The number of hydrogen-bond donors (Lipinski definition) is 0. The van der Waals surface area contributed by atoms with E-state index in [1.807, 2.05) is 19.1 Å². The van der Waals surface area contributed by atoms with Crippen LogP contribution in [0.3, 0.4) is 0 Å². The van der Waals surface area contributed by atoms with E-state index in [1.54, 1.807) is 30.3 Å². The summed E-state index contributed by atoms with van der Waals surface area (Å²) in [5.74, 6) is 1.13. The number of nitriles is 2. The summed E-state index contributed by atoms with van der Waals surface area (Å²) in [6.45, 7) is 2.70. The van der Waals surface area contributed by atoms with E-state index in [1.165, 1.54) is 0 Å². The molecular formula is C17H14N2O2. The summed E-state index contributed by atoms with van der Waals surface area (Å²) in [6.07, 6.45) is 0. The maximum atomic E-state index is 8.91. The molecule has 2 aromatic rings. The lowest BCUT2D eigenvalue weighted by Gasteiger charge is -2.12. The maximum Gasteiger partial charge on any atom is 0.162 e. The van der Waals surface area contributed by atoms with Crippen molar-refractivity contribution in [1.82, 2.24) is 0 Å². The van der Waals surface area contributed by atoms with E-state index >= 15 is 0 Å². The van der Waals surface area contributed by atoms with Crippen LogP contribution >= 0.6 is 0 Å². The highest BCUT2D eigenvalue weighted by atomic mass is 16.5. The fourth-order valence-corrected chi connectivity index (χ4v) is 1.86. The Morgan fingerprint density at radius 1 is 0.905 bits per heavy atom. The minimum absolute atomic E-state index is 0.335. The second-order valence-electron chi connectivity index (χ2n) is 4.31. The Morgan fingerprint density at radius 3 is 2.38 bits per heavy atom. The molecule has 0 aliphatic heterocycles. The number of ether oxygens (including phenoxy) is 2. The van der Waals surface area contributed by atoms with E-state index in [2.05, 4.69) is 12.1 Å². The Labute approximate surface area is 123 Å². The number of rotatable bonds is 5. The van der Waals surface area contributed by atoms with Crippen LogP contribution in [0.2, 0.25) is 0 Å². The third kappa shape index (κ3) is 3.75. The van der Waals surface area contributed by atoms with Crippen molar-refractivity contribution in [3.05, 3.63) is 59.2 Å². The van der Waals surface area contributed by atoms with Crippen LogP contribution in [0.4, 0.5) is 0 Å². The Kier molecular flexibility index (Phi) is 4.79. The van der Waals surface area contributed by atoms with E-state index in [-0.39, 0.29) is 0 Å². The van der Waals surface area contributed by atoms with Gasteiger partial charge in [0.15, 0.2) is 11.5 Å². The summed E-state index contributed by atoms with van der Waals surface area (Å²) in [7, 11) is 0. The van der Waals surface area contributed by atoms with Gasteiger partial charge < -0.3 is 9.47 Å². The van der Waals surface area contributed by atoms with Crippen molar-refractivity contribution in [2.75, 3.05) is 6.61 Å². The van der Waals surface area contributed by atoms with E-state index < -0.39 is 0 Å². The molecule has 0 amide bonds. The van der Waals surface area contributed by atoms with Crippen LogP contribution in [0.25, 0.3) is 0 Å². The lowest BCUT2D eigenvalue weighted by atomic mass is 10.1. The zero-order valence-corrected chi connectivity index (χ0v) is 11.7. The summed E-state index contributed by atoms with van der Waals surface area (Å²) >= 11 is 0. The molecule has 2 aromatic carbocycles. The Morgan fingerprint density at radius 2 is 1.67 bits per heavy atom. The molecule has 0 fully saturated rings. The normalized spacial score (nSPS) is 9.48. The van der Waals surface area contributed by atoms with Gasteiger partial charge in [0.25, 0.3) is 0 Å². The van der Waals surface area contributed by atoms with Gasteiger partial charge in [0.2, 0.25) is 0 Å². The third-order valence-corrected chi connectivity index (χ3v) is 2.82. The van der Waals surface area contributed by atoms with E-state index in [9.17, 15) is 0 Å². The van der Waals surface area contributed by atoms with Crippen LogP contribution in [-0.2, 0) is 6.61 Å². The van der Waals surface area contributed by atoms with Crippen LogP contribution in [0.1, 0.15) is 23.6 Å².